The Morgan fingerprint density at radius 1 is 0.868 bits per heavy atom. The average molecular weight is 639 g/mol. The number of hydrogen-bond acceptors (Lipinski definition) is 3. The van der Waals surface area contributed by atoms with Crippen molar-refractivity contribution in [3.8, 4) is 0 Å². The van der Waals surface area contributed by atoms with Crippen LogP contribution in [0.2, 0.25) is 0 Å². The number of sulfonamides is 1. The van der Waals surface area contributed by atoms with Gasteiger partial charge in [0.25, 0.3) is 0 Å². The standard InChI is InChI=1S/C21H21ClN2O2S.C10H15.Rh/c1-16-12-14-19(15-13-16)27(25,26)24-21(22,18-10-6-3-7-11-18)20(23)17-8-4-2-5-9-17;1-7-6-10(4,5)9(3)8(7)2;/h2-15,20,24H,23H2,1H3;1-5H3;/q;-1;/t20-,21-;;/m1../s1. The summed E-state index contributed by atoms with van der Waals surface area (Å²) in [6.45, 7) is 12.8. The summed E-state index contributed by atoms with van der Waals surface area (Å²) in [5, 5.41) is 0. The molecule has 4 nitrogen and oxygen atoms in total. The summed E-state index contributed by atoms with van der Waals surface area (Å²) in [5.41, 5.74) is 13.1. The first-order valence-electron chi connectivity index (χ1n) is 12.2. The number of allylic oxidation sites excluding steroid dienone is 4. The summed E-state index contributed by atoms with van der Waals surface area (Å²) < 4.78 is 28.7. The summed E-state index contributed by atoms with van der Waals surface area (Å²) in [6, 6.07) is 23.9. The van der Waals surface area contributed by atoms with Gasteiger partial charge in [-0.1, -0.05) is 123 Å². The van der Waals surface area contributed by atoms with Crippen molar-refractivity contribution in [2.45, 2.75) is 57.5 Å². The van der Waals surface area contributed by atoms with E-state index in [2.05, 4.69) is 45.4 Å². The second-order valence-electron chi connectivity index (χ2n) is 10.0. The largest absolute Gasteiger partial charge is 0.321 e. The topological polar surface area (TPSA) is 72.2 Å². The number of rotatable bonds is 6. The minimum atomic E-state index is -3.90. The Labute approximate surface area is 246 Å². The molecule has 3 aromatic carbocycles. The second kappa shape index (κ2) is 12.9. The van der Waals surface area contributed by atoms with Crippen molar-refractivity contribution in [3.05, 3.63) is 124 Å². The van der Waals surface area contributed by atoms with E-state index in [4.69, 9.17) is 17.3 Å². The fourth-order valence-corrected chi connectivity index (χ4v) is 6.06. The molecule has 3 aromatic rings. The number of benzene rings is 3. The molecule has 0 aliphatic heterocycles. The van der Waals surface area contributed by atoms with Crippen LogP contribution in [-0.4, -0.2) is 8.42 Å². The minimum absolute atomic E-state index is 0. The van der Waals surface area contributed by atoms with Crippen molar-refractivity contribution in [3.63, 3.8) is 0 Å². The quantitative estimate of drug-likeness (QED) is 0.130. The van der Waals surface area contributed by atoms with E-state index >= 15 is 0 Å². The van der Waals surface area contributed by atoms with Gasteiger partial charge in [-0.25, -0.2) is 14.0 Å². The molecule has 0 unspecified atom stereocenters. The number of hydrogen-bond donors (Lipinski definition) is 2. The predicted octanol–water partition coefficient (Wildman–Crippen LogP) is 7.17. The zero-order chi connectivity index (χ0) is 27.4. The number of nitrogens with one attached hydrogen (secondary N) is 1. The Hall–Kier alpha value is -2.08. The maximum Gasteiger partial charge on any atom is 0.242 e. The van der Waals surface area contributed by atoms with Crippen LogP contribution < -0.4 is 10.5 Å². The molecule has 4 rings (SSSR count). The third-order valence-electron chi connectivity index (χ3n) is 6.96. The molecule has 0 aromatic heterocycles. The average Bonchev–Trinajstić information content (AvgIpc) is 3.05. The van der Waals surface area contributed by atoms with Gasteiger partial charge in [0, 0.05) is 19.5 Å². The Kier molecular flexibility index (Phi) is 10.9. The molecular weight excluding hydrogens is 603 g/mol. The fourth-order valence-electron chi connectivity index (χ4n) is 4.25. The normalized spacial score (nSPS) is 16.9. The first kappa shape index (κ1) is 32.1. The summed E-state index contributed by atoms with van der Waals surface area (Å²) in [6.07, 6.45) is 3.44. The number of nitrogens with two attached hydrogens (primary N) is 1. The number of alkyl halides is 1. The van der Waals surface area contributed by atoms with Gasteiger partial charge in [-0.2, -0.15) is 15.9 Å². The SMILES string of the molecule is CC1=[C-]C(C)(C)C(C)=C1C.Cc1ccc(S(=O)(=O)N[C@](Cl)(c2ccccc2)[C@H](N)c2ccccc2)cc1.[Rh]. The maximum absolute atomic E-state index is 13.0. The van der Waals surface area contributed by atoms with E-state index < -0.39 is 21.1 Å². The molecule has 3 N–H and O–H groups in total. The van der Waals surface area contributed by atoms with Gasteiger partial charge < -0.3 is 5.73 Å². The zero-order valence-electron chi connectivity index (χ0n) is 22.7. The van der Waals surface area contributed by atoms with Crippen LogP contribution >= 0.6 is 11.6 Å². The predicted molar refractivity (Wildman–Crippen MR) is 153 cm³/mol. The van der Waals surface area contributed by atoms with Gasteiger partial charge in [-0.05, 0) is 30.2 Å². The molecule has 1 radical (unpaired) electrons. The Morgan fingerprint density at radius 2 is 1.37 bits per heavy atom. The molecule has 0 fully saturated rings. The first-order valence-corrected chi connectivity index (χ1v) is 14.1. The van der Waals surface area contributed by atoms with Crippen molar-refractivity contribution >= 4 is 21.6 Å². The molecule has 0 saturated carbocycles. The van der Waals surface area contributed by atoms with Crippen LogP contribution in [0.5, 0.6) is 0 Å². The van der Waals surface area contributed by atoms with E-state index in [9.17, 15) is 8.42 Å². The van der Waals surface area contributed by atoms with Crippen molar-refractivity contribution in [2.75, 3.05) is 0 Å². The van der Waals surface area contributed by atoms with Gasteiger partial charge in [0.05, 0.1) is 10.9 Å². The van der Waals surface area contributed by atoms with Crippen LogP contribution in [0.15, 0.2) is 107 Å². The second-order valence-corrected chi connectivity index (χ2v) is 12.3. The van der Waals surface area contributed by atoms with Gasteiger partial charge in [0.1, 0.15) is 0 Å². The molecule has 0 bridgehead atoms. The molecule has 0 amide bonds. The summed E-state index contributed by atoms with van der Waals surface area (Å²) >= 11 is 6.90. The Balaban J connectivity index is 0.000000389. The molecule has 0 saturated heterocycles. The third kappa shape index (κ3) is 7.31. The van der Waals surface area contributed by atoms with Crippen molar-refractivity contribution in [1.29, 1.82) is 0 Å². The van der Waals surface area contributed by atoms with E-state index in [1.807, 2.05) is 43.3 Å². The maximum atomic E-state index is 13.0. The monoisotopic (exact) mass is 638 g/mol. The van der Waals surface area contributed by atoms with Crippen molar-refractivity contribution in [1.82, 2.24) is 4.72 Å². The van der Waals surface area contributed by atoms with Crippen LogP contribution in [0.4, 0.5) is 0 Å². The van der Waals surface area contributed by atoms with Gasteiger partial charge in [-0.15, -0.1) is 6.92 Å². The van der Waals surface area contributed by atoms with Crippen molar-refractivity contribution < 1.29 is 27.9 Å². The molecule has 1 aliphatic rings. The summed E-state index contributed by atoms with van der Waals surface area (Å²) in [7, 11) is -3.90. The van der Waals surface area contributed by atoms with Crippen LogP contribution in [0.25, 0.3) is 0 Å². The molecule has 0 spiro atoms. The Morgan fingerprint density at radius 3 is 1.79 bits per heavy atom. The molecule has 38 heavy (non-hydrogen) atoms. The molecule has 7 heteroatoms. The Bertz CT molecular complexity index is 1390. The smallest absolute Gasteiger partial charge is 0.242 e. The van der Waals surface area contributed by atoms with Gasteiger partial charge >= 0.3 is 0 Å². The number of aryl methyl sites for hydroxylation is 1. The fraction of sp³-hybridized carbons (Fsp3) is 0.290. The first-order chi connectivity index (χ1) is 17.3. The van der Waals surface area contributed by atoms with E-state index in [-0.39, 0.29) is 29.8 Å². The van der Waals surface area contributed by atoms with Crippen LogP contribution in [0, 0.1) is 18.4 Å². The molecular formula is C31H36ClN2O2RhS-. The summed E-state index contributed by atoms with van der Waals surface area (Å²) in [5.74, 6) is 0. The third-order valence-corrected chi connectivity index (χ3v) is 9.10. The minimum Gasteiger partial charge on any atom is -0.321 e. The molecule has 2 atom stereocenters. The van der Waals surface area contributed by atoms with E-state index in [0.29, 0.717) is 5.56 Å². The van der Waals surface area contributed by atoms with Crippen molar-refractivity contribution in [2.24, 2.45) is 11.1 Å². The molecule has 1 aliphatic carbocycles. The molecule has 205 valence electrons. The number of halogens is 1. The van der Waals surface area contributed by atoms with Crippen LogP contribution in [0.1, 0.15) is 57.4 Å². The van der Waals surface area contributed by atoms with Gasteiger partial charge in [-0.3, -0.25) is 6.08 Å². The zero-order valence-corrected chi connectivity index (χ0v) is 25.9. The van der Waals surface area contributed by atoms with E-state index in [0.717, 1.165) is 11.1 Å². The van der Waals surface area contributed by atoms with Crippen LogP contribution in [0.3, 0.4) is 0 Å². The molecule has 0 heterocycles. The summed E-state index contributed by atoms with van der Waals surface area (Å²) in [4.78, 5) is -1.42. The van der Waals surface area contributed by atoms with Gasteiger partial charge in [0.15, 0.2) is 5.00 Å². The van der Waals surface area contributed by atoms with E-state index in [1.54, 1.807) is 48.5 Å². The van der Waals surface area contributed by atoms with Crippen LogP contribution in [-0.2, 0) is 34.5 Å². The van der Waals surface area contributed by atoms with Gasteiger partial charge in [0.2, 0.25) is 10.0 Å². The van der Waals surface area contributed by atoms with E-state index in [1.165, 1.54) is 16.7 Å².